The van der Waals surface area contributed by atoms with Gasteiger partial charge in [0.1, 0.15) is 11.8 Å². The summed E-state index contributed by atoms with van der Waals surface area (Å²) < 4.78 is 13.8. The smallest absolute Gasteiger partial charge is 0.163 e. The molecule has 1 atom stereocenters. The monoisotopic (exact) mass is 315 g/mol. The molecule has 1 aliphatic rings. The van der Waals surface area contributed by atoms with E-state index in [1.54, 1.807) is 11.3 Å². The minimum absolute atomic E-state index is 0.0185. The van der Waals surface area contributed by atoms with Gasteiger partial charge in [-0.15, -0.1) is 11.3 Å². The van der Waals surface area contributed by atoms with Crippen LogP contribution in [0.25, 0.3) is 22.6 Å². The summed E-state index contributed by atoms with van der Waals surface area (Å²) in [6.07, 6.45) is 0.0185. The Morgan fingerprint density at radius 2 is 2.23 bits per heavy atom. The highest BCUT2D eigenvalue weighted by Crippen LogP contribution is 2.28. The summed E-state index contributed by atoms with van der Waals surface area (Å²) >= 11 is 1.58. The van der Waals surface area contributed by atoms with Gasteiger partial charge in [0, 0.05) is 5.38 Å². The molecule has 114 valence electrons. The van der Waals surface area contributed by atoms with Gasteiger partial charge in [-0.2, -0.15) is 0 Å². The third-order valence-electron chi connectivity index (χ3n) is 3.77. The number of thiazole rings is 1. The largest absolute Gasteiger partial charge is 0.348 e. The molecule has 0 N–H and O–H groups in total. The molecule has 6 heteroatoms. The van der Waals surface area contributed by atoms with Crippen molar-refractivity contribution >= 4 is 22.4 Å². The molecule has 0 aliphatic carbocycles. The van der Waals surface area contributed by atoms with E-state index in [1.165, 1.54) is 0 Å². The molecule has 1 aliphatic heterocycles. The number of hydrogen-bond acceptors (Lipinski definition) is 5. The predicted molar refractivity (Wildman–Crippen MR) is 85.7 cm³/mol. The molecule has 0 saturated carbocycles. The van der Waals surface area contributed by atoms with E-state index < -0.39 is 5.79 Å². The summed E-state index contributed by atoms with van der Waals surface area (Å²) in [5.74, 6) is 0.373. The van der Waals surface area contributed by atoms with Crippen molar-refractivity contribution in [2.45, 2.75) is 32.3 Å². The van der Waals surface area contributed by atoms with Gasteiger partial charge in [-0.1, -0.05) is 12.1 Å². The zero-order valence-corrected chi connectivity index (χ0v) is 13.3. The number of imidazole rings is 1. The molecular formula is C16H17N3O2S. The molecule has 4 rings (SSSR count). The van der Waals surface area contributed by atoms with Crippen molar-refractivity contribution in [2.75, 3.05) is 6.61 Å². The Morgan fingerprint density at radius 1 is 1.36 bits per heavy atom. The lowest BCUT2D eigenvalue weighted by atomic mass is 10.3. The lowest BCUT2D eigenvalue weighted by Gasteiger charge is -2.18. The van der Waals surface area contributed by atoms with Crippen LogP contribution in [0.3, 0.4) is 0 Å². The second kappa shape index (κ2) is 5.15. The Balaban J connectivity index is 1.76. The Hall–Kier alpha value is -1.76. The first-order valence-corrected chi connectivity index (χ1v) is 8.22. The zero-order valence-electron chi connectivity index (χ0n) is 12.5. The zero-order chi connectivity index (χ0) is 15.2. The third-order valence-corrected chi connectivity index (χ3v) is 4.36. The predicted octanol–water partition coefficient (Wildman–Crippen LogP) is 3.31. The van der Waals surface area contributed by atoms with Crippen LogP contribution in [-0.2, 0) is 16.0 Å². The summed E-state index contributed by atoms with van der Waals surface area (Å²) in [5, 5.41) is 2.02. The molecule has 1 aromatic carbocycles. The molecule has 5 nitrogen and oxygen atoms in total. The van der Waals surface area contributed by atoms with Crippen LogP contribution in [0.4, 0.5) is 0 Å². The van der Waals surface area contributed by atoms with Crippen LogP contribution < -0.4 is 0 Å². The molecule has 0 spiro atoms. The minimum atomic E-state index is -0.512. The van der Waals surface area contributed by atoms with Crippen LogP contribution in [0.5, 0.6) is 0 Å². The van der Waals surface area contributed by atoms with Crippen LogP contribution in [-0.4, -0.2) is 33.0 Å². The maximum absolute atomic E-state index is 5.95. The van der Waals surface area contributed by atoms with E-state index >= 15 is 0 Å². The number of hydrogen-bond donors (Lipinski definition) is 0. The van der Waals surface area contributed by atoms with Gasteiger partial charge >= 0.3 is 0 Å². The first-order chi connectivity index (χ1) is 10.6. The molecule has 0 radical (unpaired) electrons. The van der Waals surface area contributed by atoms with Gasteiger partial charge in [0.05, 0.1) is 29.7 Å². The van der Waals surface area contributed by atoms with Gasteiger partial charge < -0.3 is 14.0 Å². The van der Waals surface area contributed by atoms with Crippen LogP contribution >= 0.6 is 11.3 Å². The van der Waals surface area contributed by atoms with Crippen molar-refractivity contribution in [3.05, 3.63) is 35.2 Å². The molecule has 1 saturated heterocycles. The van der Waals surface area contributed by atoms with Crippen molar-refractivity contribution in [2.24, 2.45) is 0 Å². The standard InChI is InChI=1S/C16H17N3O2S/c1-16(2)20-8-11(21-16)7-19-14-6-4-3-5-12(14)18-15(19)13-9-22-10-17-13/h3-6,9-11H,7-8H2,1-2H3/t11-/m1/s1. The molecule has 3 aromatic rings. The summed E-state index contributed by atoms with van der Waals surface area (Å²) in [7, 11) is 0. The van der Waals surface area contributed by atoms with Gasteiger partial charge in [0.25, 0.3) is 0 Å². The van der Waals surface area contributed by atoms with Crippen LogP contribution in [0.1, 0.15) is 13.8 Å². The summed E-state index contributed by atoms with van der Waals surface area (Å²) in [6.45, 7) is 5.19. The summed E-state index contributed by atoms with van der Waals surface area (Å²) in [4.78, 5) is 9.15. The molecule has 0 bridgehead atoms. The first kappa shape index (κ1) is 13.9. The fourth-order valence-electron chi connectivity index (χ4n) is 2.84. The number of aromatic nitrogens is 3. The second-order valence-corrected chi connectivity index (χ2v) is 6.58. The first-order valence-electron chi connectivity index (χ1n) is 7.28. The Bertz CT molecular complexity index is 795. The van der Waals surface area contributed by atoms with Crippen molar-refractivity contribution < 1.29 is 9.47 Å². The maximum atomic E-state index is 5.95. The summed E-state index contributed by atoms with van der Waals surface area (Å²) in [5.41, 5.74) is 4.80. The molecular weight excluding hydrogens is 298 g/mol. The molecule has 0 unspecified atom stereocenters. The molecule has 22 heavy (non-hydrogen) atoms. The lowest BCUT2D eigenvalue weighted by molar-refractivity contribution is -0.139. The fraction of sp³-hybridized carbons (Fsp3) is 0.375. The third kappa shape index (κ3) is 2.43. The fourth-order valence-corrected chi connectivity index (χ4v) is 3.37. The molecule has 1 fully saturated rings. The Labute approximate surface area is 132 Å². The number of benzene rings is 1. The van der Waals surface area contributed by atoms with Gasteiger partial charge in [0.2, 0.25) is 0 Å². The van der Waals surface area contributed by atoms with Crippen LogP contribution in [0, 0.1) is 0 Å². The van der Waals surface area contributed by atoms with Gasteiger partial charge in [0.15, 0.2) is 11.6 Å². The average Bonchev–Trinajstić information content (AvgIpc) is 3.19. The van der Waals surface area contributed by atoms with E-state index in [2.05, 4.69) is 15.6 Å². The number of rotatable bonds is 3. The number of fused-ring (bicyclic) bond motifs is 1. The van der Waals surface area contributed by atoms with Gasteiger partial charge in [-0.05, 0) is 26.0 Å². The highest BCUT2D eigenvalue weighted by atomic mass is 32.1. The molecule has 3 heterocycles. The quantitative estimate of drug-likeness (QED) is 0.744. The van der Waals surface area contributed by atoms with E-state index in [0.717, 1.165) is 22.6 Å². The number of nitrogens with zero attached hydrogens (tertiary/aromatic N) is 3. The highest BCUT2D eigenvalue weighted by molar-refractivity contribution is 7.07. The molecule has 0 amide bonds. The van der Waals surface area contributed by atoms with E-state index in [1.807, 2.05) is 42.9 Å². The van der Waals surface area contributed by atoms with E-state index in [9.17, 15) is 0 Å². The van der Waals surface area contributed by atoms with E-state index in [0.29, 0.717) is 13.2 Å². The van der Waals surface area contributed by atoms with Crippen LogP contribution in [0.15, 0.2) is 35.2 Å². The Kier molecular flexibility index (Phi) is 3.25. The highest BCUT2D eigenvalue weighted by Gasteiger charge is 2.33. The lowest BCUT2D eigenvalue weighted by Crippen LogP contribution is -2.24. The average molecular weight is 315 g/mol. The van der Waals surface area contributed by atoms with Crippen molar-refractivity contribution in [1.29, 1.82) is 0 Å². The second-order valence-electron chi connectivity index (χ2n) is 5.86. The molecule has 2 aromatic heterocycles. The number of para-hydroxylation sites is 2. The normalized spacial score (nSPS) is 20.7. The SMILES string of the molecule is CC1(C)OC[C@@H](Cn2c(-c3cscn3)nc3ccccc32)O1. The minimum Gasteiger partial charge on any atom is -0.348 e. The van der Waals surface area contributed by atoms with E-state index in [4.69, 9.17) is 14.5 Å². The van der Waals surface area contributed by atoms with Crippen LogP contribution in [0.2, 0.25) is 0 Å². The van der Waals surface area contributed by atoms with Crippen molar-refractivity contribution in [3.63, 3.8) is 0 Å². The Morgan fingerprint density at radius 3 is 2.95 bits per heavy atom. The topological polar surface area (TPSA) is 49.2 Å². The van der Waals surface area contributed by atoms with Crippen molar-refractivity contribution in [1.82, 2.24) is 14.5 Å². The number of ether oxygens (including phenoxy) is 2. The summed E-state index contributed by atoms with van der Waals surface area (Å²) in [6, 6.07) is 8.14. The maximum Gasteiger partial charge on any atom is 0.163 e. The van der Waals surface area contributed by atoms with Gasteiger partial charge in [-0.25, -0.2) is 9.97 Å². The van der Waals surface area contributed by atoms with Crippen molar-refractivity contribution in [3.8, 4) is 11.5 Å². The van der Waals surface area contributed by atoms with Gasteiger partial charge in [-0.3, -0.25) is 0 Å². The van der Waals surface area contributed by atoms with E-state index in [-0.39, 0.29) is 6.10 Å².